The number of hydrogen-bond acceptors (Lipinski definition) is 5. The first kappa shape index (κ1) is 19.3. The molecule has 2 N–H and O–H groups in total. The van der Waals surface area contributed by atoms with E-state index < -0.39 is 0 Å². The van der Waals surface area contributed by atoms with Crippen molar-refractivity contribution >= 4 is 29.3 Å². The molecule has 0 bridgehead atoms. The third kappa shape index (κ3) is 6.10. The monoisotopic (exact) mass is 381 g/mol. The number of amides is 1. The molecule has 8 heteroatoms. The van der Waals surface area contributed by atoms with Crippen molar-refractivity contribution in [2.45, 2.75) is 24.9 Å². The summed E-state index contributed by atoms with van der Waals surface area (Å²) in [7, 11) is 0. The lowest BCUT2D eigenvalue weighted by molar-refractivity contribution is -0.121. The number of hydrogen-bond donors (Lipinski definition) is 2. The van der Waals surface area contributed by atoms with E-state index in [2.05, 4.69) is 15.3 Å². The Balaban J connectivity index is 1.74. The molecule has 0 spiro atoms. The fourth-order valence-corrected chi connectivity index (χ4v) is 2.74. The smallest absolute Gasteiger partial charge is 0.254 e. The lowest BCUT2D eigenvalue weighted by Gasteiger charge is -2.08. The molecule has 0 aliphatic carbocycles. The molecule has 1 heterocycles. The van der Waals surface area contributed by atoms with Gasteiger partial charge < -0.3 is 15.0 Å². The molecule has 2 rings (SSSR count). The predicted octanol–water partition coefficient (Wildman–Crippen LogP) is 2.58. The van der Waals surface area contributed by atoms with Gasteiger partial charge in [0.25, 0.3) is 5.56 Å². The van der Waals surface area contributed by atoms with E-state index in [1.807, 2.05) is 6.26 Å². The van der Waals surface area contributed by atoms with Gasteiger partial charge in [0.15, 0.2) is 5.16 Å². The van der Waals surface area contributed by atoms with Gasteiger partial charge in [-0.2, -0.15) is 0 Å². The van der Waals surface area contributed by atoms with Crippen LogP contribution in [-0.4, -0.2) is 35.3 Å². The molecule has 134 valence electrons. The molecule has 0 aliphatic heterocycles. The van der Waals surface area contributed by atoms with Gasteiger partial charge in [0.1, 0.15) is 12.4 Å². The van der Waals surface area contributed by atoms with Gasteiger partial charge in [0.2, 0.25) is 5.91 Å². The normalized spacial score (nSPS) is 10.5. The van der Waals surface area contributed by atoms with Crippen molar-refractivity contribution in [2.24, 2.45) is 0 Å². The van der Waals surface area contributed by atoms with E-state index in [0.29, 0.717) is 46.8 Å². The minimum absolute atomic E-state index is 0.132. The Kier molecular flexibility index (Phi) is 7.33. The van der Waals surface area contributed by atoms with Gasteiger partial charge in [-0.05, 0) is 43.9 Å². The van der Waals surface area contributed by atoms with Gasteiger partial charge in [-0.15, -0.1) is 0 Å². The van der Waals surface area contributed by atoms with Gasteiger partial charge in [0.05, 0.1) is 6.54 Å². The number of carbonyl (C=O) groups is 1. The quantitative estimate of drug-likeness (QED) is 0.417. The number of rotatable bonds is 8. The summed E-state index contributed by atoms with van der Waals surface area (Å²) in [5.74, 6) is 0.563. The average Bonchev–Trinajstić information content (AvgIpc) is 2.59. The maximum absolute atomic E-state index is 12.0. The molecule has 0 aliphatic rings. The maximum Gasteiger partial charge on any atom is 0.254 e. The first-order chi connectivity index (χ1) is 12.0. The van der Waals surface area contributed by atoms with Gasteiger partial charge in [-0.25, -0.2) is 4.98 Å². The second-order valence-corrected chi connectivity index (χ2v) is 6.52. The number of thioether (sulfide) groups is 1. The first-order valence-electron chi connectivity index (χ1n) is 7.78. The van der Waals surface area contributed by atoms with Crippen molar-refractivity contribution in [3.63, 3.8) is 0 Å². The molecule has 25 heavy (non-hydrogen) atoms. The summed E-state index contributed by atoms with van der Waals surface area (Å²) in [6, 6.07) is 7.02. The zero-order valence-electron chi connectivity index (χ0n) is 14.1. The third-order valence-corrected chi connectivity index (χ3v) is 4.33. The summed E-state index contributed by atoms with van der Waals surface area (Å²) in [5.41, 5.74) is 1.02. The molecule has 1 aromatic heterocycles. The van der Waals surface area contributed by atoms with Crippen molar-refractivity contribution in [3.8, 4) is 5.75 Å². The van der Waals surface area contributed by atoms with Crippen LogP contribution < -0.4 is 15.6 Å². The molecule has 0 fully saturated rings. The predicted molar refractivity (Wildman–Crippen MR) is 99.7 cm³/mol. The van der Waals surface area contributed by atoms with E-state index >= 15 is 0 Å². The molecule has 1 amide bonds. The molecule has 0 atom stereocenters. The Morgan fingerprint density at radius 1 is 1.36 bits per heavy atom. The average molecular weight is 382 g/mol. The van der Waals surface area contributed by atoms with E-state index in [0.717, 1.165) is 0 Å². The minimum Gasteiger partial charge on any atom is -0.492 e. The van der Waals surface area contributed by atoms with Crippen LogP contribution in [0.1, 0.15) is 17.7 Å². The van der Waals surface area contributed by atoms with Crippen molar-refractivity contribution in [1.29, 1.82) is 0 Å². The zero-order chi connectivity index (χ0) is 18.2. The lowest BCUT2D eigenvalue weighted by atomic mass is 10.1. The van der Waals surface area contributed by atoms with Gasteiger partial charge in [0, 0.05) is 22.7 Å². The van der Waals surface area contributed by atoms with Crippen LogP contribution in [0.3, 0.4) is 0 Å². The van der Waals surface area contributed by atoms with Gasteiger partial charge in [-0.1, -0.05) is 23.4 Å². The number of aromatic nitrogens is 2. The fraction of sp³-hybridized carbons (Fsp3) is 0.353. The van der Waals surface area contributed by atoms with Crippen LogP contribution in [-0.2, 0) is 11.2 Å². The van der Waals surface area contributed by atoms with E-state index in [4.69, 9.17) is 16.3 Å². The molecule has 0 radical (unpaired) electrons. The highest BCUT2D eigenvalue weighted by atomic mass is 35.5. The van der Waals surface area contributed by atoms with E-state index in [1.165, 1.54) is 11.8 Å². The third-order valence-electron chi connectivity index (χ3n) is 3.50. The molecule has 6 nitrogen and oxygen atoms in total. The molecule has 0 saturated heterocycles. The SMILES string of the molecule is CSc1nc(C)c(CCC(=O)NCCOc2ccc(Cl)cc2)c(=O)[nH]1. The Morgan fingerprint density at radius 2 is 2.08 bits per heavy atom. The molecular weight excluding hydrogens is 362 g/mol. The number of carbonyl (C=O) groups excluding carboxylic acids is 1. The summed E-state index contributed by atoms with van der Waals surface area (Å²) in [6.45, 7) is 2.53. The highest BCUT2D eigenvalue weighted by Gasteiger charge is 2.10. The molecular formula is C17H20ClN3O3S. The molecule has 0 unspecified atom stereocenters. The topological polar surface area (TPSA) is 84.1 Å². The van der Waals surface area contributed by atoms with Crippen molar-refractivity contribution in [1.82, 2.24) is 15.3 Å². The summed E-state index contributed by atoms with van der Waals surface area (Å²) in [6.07, 6.45) is 2.43. The fourth-order valence-electron chi connectivity index (χ4n) is 2.19. The summed E-state index contributed by atoms with van der Waals surface area (Å²) in [4.78, 5) is 30.9. The Morgan fingerprint density at radius 3 is 2.72 bits per heavy atom. The van der Waals surface area contributed by atoms with Gasteiger partial charge in [-0.3, -0.25) is 9.59 Å². The van der Waals surface area contributed by atoms with Crippen LogP contribution in [0.5, 0.6) is 5.75 Å². The van der Waals surface area contributed by atoms with Gasteiger partial charge >= 0.3 is 0 Å². The Hall–Kier alpha value is -1.99. The van der Waals surface area contributed by atoms with E-state index in [-0.39, 0.29) is 17.9 Å². The summed E-state index contributed by atoms with van der Waals surface area (Å²) < 4.78 is 5.50. The molecule has 2 aromatic rings. The van der Waals surface area contributed by atoms with Crippen LogP contribution >= 0.6 is 23.4 Å². The summed E-state index contributed by atoms with van der Waals surface area (Å²) in [5, 5.41) is 3.99. The van der Waals surface area contributed by atoms with Crippen molar-refractivity contribution < 1.29 is 9.53 Å². The molecule has 0 saturated carbocycles. The van der Waals surface area contributed by atoms with Crippen LogP contribution in [0.4, 0.5) is 0 Å². The standard InChI is InChI=1S/C17H20ClN3O3S/c1-11-14(16(23)21-17(20-11)25-2)7-8-15(22)19-9-10-24-13-5-3-12(18)4-6-13/h3-6H,7-10H2,1-2H3,(H,19,22)(H,20,21,23). The second-order valence-electron chi connectivity index (χ2n) is 5.29. The van der Waals surface area contributed by atoms with Crippen molar-refractivity contribution in [3.05, 3.63) is 50.9 Å². The first-order valence-corrected chi connectivity index (χ1v) is 9.38. The zero-order valence-corrected chi connectivity index (χ0v) is 15.7. The number of benzene rings is 1. The largest absolute Gasteiger partial charge is 0.492 e. The summed E-state index contributed by atoms with van der Waals surface area (Å²) >= 11 is 7.17. The lowest BCUT2D eigenvalue weighted by Crippen LogP contribution is -2.29. The number of aryl methyl sites for hydroxylation is 1. The van der Waals surface area contributed by atoms with Crippen LogP contribution in [0.25, 0.3) is 0 Å². The highest BCUT2D eigenvalue weighted by molar-refractivity contribution is 7.98. The van der Waals surface area contributed by atoms with E-state index in [1.54, 1.807) is 31.2 Å². The van der Waals surface area contributed by atoms with Crippen LogP contribution in [0, 0.1) is 6.92 Å². The van der Waals surface area contributed by atoms with Crippen molar-refractivity contribution in [2.75, 3.05) is 19.4 Å². The molecule has 1 aromatic carbocycles. The van der Waals surface area contributed by atoms with Crippen LogP contribution in [0.15, 0.2) is 34.2 Å². The number of nitrogens with zero attached hydrogens (tertiary/aromatic N) is 1. The highest BCUT2D eigenvalue weighted by Crippen LogP contribution is 2.15. The maximum atomic E-state index is 12.0. The number of halogens is 1. The Bertz CT molecular complexity index is 778. The second kappa shape index (κ2) is 9.48. The number of H-pyrrole nitrogens is 1. The van der Waals surface area contributed by atoms with Crippen LogP contribution in [0.2, 0.25) is 5.02 Å². The number of ether oxygens (including phenoxy) is 1. The number of nitrogens with one attached hydrogen (secondary N) is 2. The van der Waals surface area contributed by atoms with E-state index in [9.17, 15) is 9.59 Å². The Labute approximate surface area is 155 Å². The minimum atomic E-state index is -0.185. The number of aromatic amines is 1.